The number of nitrogens with zero attached hydrogens (tertiary/aromatic N) is 4. The van der Waals surface area contributed by atoms with E-state index in [9.17, 15) is 18.5 Å². The van der Waals surface area contributed by atoms with Gasteiger partial charge in [0, 0.05) is 7.05 Å². The summed E-state index contributed by atoms with van der Waals surface area (Å²) in [5.74, 6) is 0.170. The number of nitrogens with one attached hydrogen (secondary N) is 1. The van der Waals surface area contributed by atoms with Gasteiger partial charge in [-0.3, -0.25) is 9.48 Å². The fourth-order valence-corrected chi connectivity index (χ4v) is 5.26. The maximum Gasteiger partial charge on any atom is 0.246 e. The molecule has 0 saturated heterocycles. The molecule has 0 spiro atoms. The summed E-state index contributed by atoms with van der Waals surface area (Å²) in [5, 5.41) is 16.5. The molecule has 156 valence electrons. The Bertz CT molecular complexity index is 1030. The summed E-state index contributed by atoms with van der Waals surface area (Å²) in [6.45, 7) is 3.16. The smallest absolute Gasteiger partial charge is 0.246 e. The number of sulfonamides is 1. The second-order valence-corrected chi connectivity index (χ2v) is 9.43. The van der Waals surface area contributed by atoms with E-state index in [4.69, 9.17) is 4.42 Å². The normalized spacial score (nSPS) is 16.1. The van der Waals surface area contributed by atoms with Gasteiger partial charge in [0.25, 0.3) is 0 Å². The molecular formula is C19H25N5O4S. The van der Waals surface area contributed by atoms with Gasteiger partial charge in [0.05, 0.1) is 30.3 Å². The van der Waals surface area contributed by atoms with E-state index in [0.29, 0.717) is 30.0 Å². The summed E-state index contributed by atoms with van der Waals surface area (Å²) >= 11 is 0. The topological polar surface area (TPSA) is 121 Å². The number of aromatic nitrogens is 2. The van der Waals surface area contributed by atoms with Gasteiger partial charge < -0.3 is 9.73 Å². The van der Waals surface area contributed by atoms with Crippen LogP contribution < -0.4 is 5.32 Å². The summed E-state index contributed by atoms with van der Waals surface area (Å²) in [6, 6.07) is 5.61. The Kier molecular flexibility index (Phi) is 5.82. The highest BCUT2D eigenvalue weighted by molar-refractivity contribution is 7.89. The van der Waals surface area contributed by atoms with Crippen molar-refractivity contribution in [3.05, 3.63) is 35.5 Å². The van der Waals surface area contributed by atoms with Gasteiger partial charge in [-0.1, -0.05) is 0 Å². The van der Waals surface area contributed by atoms with Crippen LogP contribution in [0.15, 0.2) is 27.7 Å². The fourth-order valence-electron chi connectivity index (χ4n) is 3.76. The number of carbonyl (C=O) groups excluding carboxylic acids is 1. The number of nitriles is 1. The standard InChI is InChI=1S/C19H25N5O4S/c1-14-18(29(26,27)23(3)11-16-7-6-10-28-16)15(2)24(22-14)12-17(25)21-19(13-20)8-4-5-9-19/h6-7,10H,4-5,8-9,11-12H2,1-3H3,(H,21,25). The lowest BCUT2D eigenvalue weighted by atomic mass is 10.00. The number of carbonyl (C=O) groups is 1. The van der Waals surface area contributed by atoms with Gasteiger partial charge in [0.2, 0.25) is 15.9 Å². The molecule has 1 fully saturated rings. The first kappa shape index (κ1) is 21.1. The lowest BCUT2D eigenvalue weighted by molar-refractivity contribution is -0.123. The van der Waals surface area contributed by atoms with Crippen LogP contribution in [0.4, 0.5) is 0 Å². The molecule has 1 saturated carbocycles. The average molecular weight is 420 g/mol. The van der Waals surface area contributed by atoms with Crippen molar-refractivity contribution in [1.29, 1.82) is 5.26 Å². The SMILES string of the molecule is Cc1nn(CC(=O)NC2(C#N)CCCC2)c(C)c1S(=O)(=O)N(C)Cc1ccco1. The Morgan fingerprint density at radius 2 is 2.10 bits per heavy atom. The van der Waals surface area contributed by atoms with E-state index in [1.165, 1.54) is 22.3 Å². The maximum atomic E-state index is 13.1. The summed E-state index contributed by atoms with van der Waals surface area (Å²) in [5.41, 5.74) is -0.135. The highest BCUT2D eigenvalue weighted by atomic mass is 32.2. The van der Waals surface area contributed by atoms with Gasteiger partial charge in [-0.05, 0) is 51.7 Å². The molecule has 1 aliphatic carbocycles. The molecule has 2 heterocycles. The van der Waals surface area contributed by atoms with E-state index in [1.54, 1.807) is 26.0 Å². The van der Waals surface area contributed by atoms with Gasteiger partial charge in [-0.25, -0.2) is 8.42 Å². The third-order valence-electron chi connectivity index (χ3n) is 5.29. The molecule has 0 radical (unpaired) electrons. The molecular weight excluding hydrogens is 394 g/mol. The predicted octanol–water partition coefficient (Wildman–Crippen LogP) is 1.87. The first-order chi connectivity index (χ1) is 13.7. The molecule has 0 aromatic carbocycles. The van der Waals surface area contributed by atoms with Crippen molar-refractivity contribution < 1.29 is 17.6 Å². The molecule has 0 unspecified atom stereocenters. The van der Waals surface area contributed by atoms with Crippen LogP contribution in [0.2, 0.25) is 0 Å². The van der Waals surface area contributed by atoms with Crippen LogP contribution in [0, 0.1) is 25.2 Å². The summed E-state index contributed by atoms with van der Waals surface area (Å²) < 4.78 is 33.9. The van der Waals surface area contributed by atoms with Crippen molar-refractivity contribution in [2.45, 2.75) is 63.1 Å². The number of hydrogen-bond acceptors (Lipinski definition) is 6. The van der Waals surface area contributed by atoms with Crippen LogP contribution in [-0.4, -0.2) is 41.0 Å². The Morgan fingerprint density at radius 3 is 2.69 bits per heavy atom. The number of hydrogen-bond donors (Lipinski definition) is 1. The molecule has 0 aliphatic heterocycles. The van der Waals surface area contributed by atoms with Crippen molar-refractivity contribution in [3.8, 4) is 6.07 Å². The van der Waals surface area contributed by atoms with Crippen LogP contribution in [0.3, 0.4) is 0 Å². The summed E-state index contributed by atoms with van der Waals surface area (Å²) in [7, 11) is -2.35. The molecule has 2 aromatic rings. The number of aryl methyl sites for hydroxylation is 1. The van der Waals surface area contributed by atoms with Gasteiger partial charge in [0.1, 0.15) is 22.7 Å². The van der Waals surface area contributed by atoms with E-state index in [-0.39, 0.29) is 23.9 Å². The number of furan rings is 1. The van der Waals surface area contributed by atoms with Crippen molar-refractivity contribution in [2.75, 3.05) is 7.05 Å². The molecule has 1 N–H and O–H groups in total. The van der Waals surface area contributed by atoms with Gasteiger partial charge in [-0.15, -0.1) is 0 Å². The van der Waals surface area contributed by atoms with E-state index >= 15 is 0 Å². The first-order valence-corrected chi connectivity index (χ1v) is 10.9. The van der Waals surface area contributed by atoms with Gasteiger partial charge in [-0.2, -0.15) is 14.7 Å². The van der Waals surface area contributed by atoms with Crippen LogP contribution in [-0.2, 0) is 27.9 Å². The molecule has 1 amide bonds. The Hall–Kier alpha value is -2.64. The Morgan fingerprint density at radius 1 is 1.41 bits per heavy atom. The van der Waals surface area contributed by atoms with Crippen molar-refractivity contribution in [3.63, 3.8) is 0 Å². The van der Waals surface area contributed by atoms with Gasteiger partial charge >= 0.3 is 0 Å². The van der Waals surface area contributed by atoms with E-state index in [2.05, 4.69) is 16.5 Å². The fraction of sp³-hybridized carbons (Fsp3) is 0.526. The quantitative estimate of drug-likeness (QED) is 0.731. The molecule has 2 aromatic heterocycles. The zero-order valence-corrected chi connectivity index (χ0v) is 17.6. The molecule has 0 bridgehead atoms. The largest absolute Gasteiger partial charge is 0.468 e. The molecule has 1 aliphatic rings. The monoisotopic (exact) mass is 419 g/mol. The first-order valence-electron chi connectivity index (χ1n) is 9.43. The minimum atomic E-state index is -3.82. The van der Waals surface area contributed by atoms with Crippen molar-refractivity contribution in [1.82, 2.24) is 19.4 Å². The summed E-state index contributed by atoms with van der Waals surface area (Å²) in [4.78, 5) is 12.6. The second kappa shape index (κ2) is 8.00. The average Bonchev–Trinajstić information content (AvgIpc) is 3.38. The number of amides is 1. The molecule has 29 heavy (non-hydrogen) atoms. The highest BCUT2D eigenvalue weighted by Crippen LogP contribution is 2.29. The van der Waals surface area contributed by atoms with Crippen LogP contribution in [0.1, 0.15) is 42.8 Å². The van der Waals surface area contributed by atoms with Crippen LogP contribution in [0.5, 0.6) is 0 Å². The minimum Gasteiger partial charge on any atom is -0.468 e. The maximum absolute atomic E-state index is 13.1. The van der Waals surface area contributed by atoms with E-state index in [1.807, 2.05) is 0 Å². The molecule has 0 atom stereocenters. The number of rotatable bonds is 7. The van der Waals surface area contributed by atoms with Crippen LogP contribution >= 0.6 is 0 Å². The highest BCUT2D eigenvalue weighted by Gasteiger charge is 2.36. The van der Waals surface area contributed by atoms with Crippen molar-refractivity contribution in [2.24, 2.45) is 0 Å². The zero-order valence-electron chi connectivity index (χ0n) is 16.8. The van der Waals surface area contributed by atoms with Gasteiger partial charge in [0.15, 0.2) is 0 Å². The predicted molar refractivity (Wildman–Crippen MR) is 104 cm³/mol. The Balaban J connectivity index is 1.79. The zero-order chi connectivity index (χ0) is 21.2. The molecule has 9 nitrogen and oxygen atoms in total. The lowest BCUT2D eigenvalue weighted by Gasteiger charge is -2.22. The third kappa shape index (κ3) is 4.21. The van der Waals surface area contributed by atoms with E-state index < -0.39 is 15.6 Å². The minimum absolute atomic E-state index is 0.0789. The van der Waals surface area contributed by atoms with Crippen LogP contribution in [0.25, 0.3) is 0 Å². The van der Waals surface area contributed by atoms with E-state index in [0.717, 1.165) is 12.8 Å². The molecule has 3 rings (SSSR count). The third-order valence-corrected chi connectivity index (χ3v) is 7.34. The Labute approximate surface area is 170 Å². The lowest BCUT2D eigenvalue weighted by Crippen LogP contribution is -2.46. The second-order valence-electron chi connectivity index (χ2n) is 7.45. The molecule has 10 heteroatoms. The summed E-state index contributed by atoms with van der Waals surface area (Å²) in [6.07, 6.45) is 4.55. The van der Waals surface area contributed by atoms with Crippen molar-refractivity contribution >= 4 is 15.9 Å².